The number of anilines is 4. The second kappa shape index (κ2) is 24.3. The Morgan fingerprint density at radius 2 is 1.02 bits per heavy atom. The van der Waals surface area contributed by atoms with E-state index in [9.17, 15) is 39.6 Å². The molecule has 8 aromatic rings. The number of nitrogens with one attached hydrogen (secondary N) is 4. The maximum absolute atomic E-state index is 15.2. The lowest BCUT2D eigenvalue weighted by Gasteiger charge is -2.32. The van der Waals surface area contributed by atoms with Gasteiger partial charge in [0.25, 0.3) is 0 Å². The van der Waals surface area contributed by atoms with E-state index in [2.05, 4.69) is 102 Å². The van der Waals surface area contributed by atoms with Crippen LogP contribution in [0, 0.1) is 23.3 Å². The first-order chi connectivity index (χ1) is 37.6. The van der Waals surface area contributed by atoms with Crippen molar-refractivity contribution in [3.63, 3.8) is 0 Å². The third-order valence-corrected chi connectivity index (χ3v) is 16.7. The van der Waals surface area contributed by atoms with Crippen molar-refractivity contribution >= 4 is 105 Å². The Balaban J connectivity index is 0.000000183. The van der Waals surface area contributed by atoms with E-state index in [4.69, 9.17) is 9.31 Å². The van der Waals surface area contributed by atoms with Crippen LogP contribution in [-0.2, 0) is 29.4 Å². The monoisotopic (exact) mass is 1200 g/mol. The summed E-state index contributed by atoms with van der Waals surface area (Å²) in [6, 6.07) is 23.0. The van der Waals surface area contributed by atoms with Crippen LogP contribution in [0.4, 0.5) is 40.3 Å². The maximum Gasteiger partial charge on any atom is 0.494 e. The molecule has 4 aromatic heterocycles. The summed E-state index contributed by atoms with van der Waals surface area (Å²) < 4.78 is 124. The molecule has 9 rings (SSSR count). The number of aromatic amines is 2. The predicted octanol–water partition coefficient (Wildman–Crippen LogP) is 11.0. The Morgan fingerprint density at radius 3 is 1.45 bits per heavy atom. The minimum absolute atomic E-state index is 0.0187. The van der Waals surface area contributed by atoms with E-state index in [1.54, 1.807) is 32.2 Å². The van der Waals surface area contributed by atoms with Crippen molar-refractivity contribution in [3.05, 3.63) is 160 Å². The Bertz CT molecular complexity index is 3810. The van der Waals surface area contributed by atoms with E-state index in [1.807, 2.05) is 57.4 Å². The first-order valence-electron chi connectivity index (χ1n) is 25.1. The van der Waals surface area contributed by atoms with Gasteiger partial charge in [0.05, 0.1) is 45.2 Å². The average Bonchev–Trinajstić information content (AvgIpc) is 4.08. The lowest BCUT2D eigenvalue weighted by atomic mass is 9.79. The molecule has 80 heavy (non-hydrogen) atoms. The molecule has 5 heterocycles. The van der Waals surface area contributed by atoms with Crippen molar-refractivity contribution < 1.29 is 53.3 Å². The molecule has 0 unspecified atom stereocenters. The predicted molar refractivity (Wildman–Crippen MR) is 311 cm³/mol. The third-order valence-electron chi connectivity index (χ3n) is 13.3. The van der Waals surface area contributed by atoms with E-state index < -0.39 is 77.4 Å². The summed E-state index contributed by atoms with van der Waals surface area (Å²) >= 11 is 3.23. The number of pyridine rings is 2. The summed E-state index contributed by atoms with van der Waals surface area (Å²) in [5.41, 5.74) is 2.42. The molecular formula is C56H60BBrF4N8O8S2. The summed E-state index contributed by atoms with van der Waals surface area (Å²) in [5.74, 6) is -7.03. The fourth-order valence-corrected chi connectivity index (χ4v) is 10.9. The number of benzene rings is 4. The van der Waals surface area contributed by atoms with Gasteiger partial charge in [-0.3, -0.25) is 19.0 Å². The lowest BCUT2D eigenvalue weighted by Crippen LogP contribution is -2.41. The van der Waals surface area contributed by atoms with Crippen LogP contribution < -0.4 is 24.7 Å². The summed E-state index contributed by atoms with van der Waals surface area (Å²) in [6.07, 6.45) is 6.43. The largest absolute Gasteiger partial charge is 0.494 e. The maximum atomic E-state index is 15.2. The number of halogens is 5. The molecular weight excluding hydrogens is 1140 g/mol. The number of hydrogen-bond acceptors (Lipinski definition) is 12. The van der Waals surface area contributed by atoms with Gasteiger partial charge in [0.1, 0.15) is 22.9 Å². The van der Waals surface area contributed by atoms with Gasteiger partial charge in [-0.1, -0.05) is 38.1 Å². The smallest absolute Gasteiger partial charge is 0.399 e. The molecule has 0 radical (unpaired) electrons. The van der Waals surface area contributed by atoms with Crippen LogP contribution >= 0.6 is 15.9 Å². The van der Waals surface area contributed by atoms with Crippen molar-refractivity contribution in [2.24, 2.45) is 0 Å². The normalized spacial score (nSPS) is 13.8. The van der Waals surface area contributed by atoms with Crippen LogP contribution in [0.1, 0.15) is 86.2 Å². The highest BCUT2D eigenvalue weighted by Crippen LogP contribution is 2.37. The van der Waals surface area contributed by atoms with Gasteiger partial charge in [-0.15, -0.1) is 0 Å². The summed E-state index contributed by atoms with van der Waals surface area (Å²) in [6.45, 7) is 11.6. The molecule has 0 amide bonds. The zero-order chi connectivity index (χ0) is 58.6. The number of carbonyl (C=O) groups is 2. The summed E-state index contributed by atoms with van der Waals surface area (Å²) in [4.78, 5) is 44.1. The van der Waals surface area contributed by atoms with Crippen LogP contribution in [0.15, 0.2) is 114 Å². The lowest BCUT2D eigenvalue weighted by molar-refractivity contribution is 0.00578. The number of rotatable bonds is 16. The number of carbonyl (C=O) groups excluding carboxylic acids is 2. The van der Waals surface area contributed by atoms with E-state index in [-0.39, 0.29) is 41.0 Å². The fourth-order valence-electron chi connectivity index (χ4n) is 8.30. The van der Waals surface area contributed by atoms with Crippen molar-refractivity contribution in [1.82, 2.24) is 19.9 Å². The second-order valence-electron chi connectivity index (χ2n) is 20.2. The van der Waals surface area contributed by atoms with E-state index in [0.29, 0.717) is 39.4 Å². The van der Waals surface area contributed by atoms with Crippen molar-refractivity contribution in [3.8, 4) is 11.1 Å². The third kappa shape index (κ3) is 13.5. The van der Waals surface area contributed by atoms with Crippen molar-refractivity contribution in [2.45, 2.75) is 65.6 Å². The van der Waals surface area contributed by atoms with Crippen LogP contribution in [0.2, 0.25) is 0 Å². The Hall–Kier alpha value is -7.12. The topological polar surface area (TPSA) is 209 Å². The quantitative estimate of drug-likeness (QED) is 0.0405. The zero-order valence-corrected chi connectivity index (χ0v) is 48.8. The number of fused-ring (bicyclic) bond motifs is 2. The number of hydrogen-bond donors (Lipinski definition) is 4. The molecule has 0 atom stereocenters. The highest BCUT2D eigenvalue weighted by Gasteiger charge is 2.51. The van der Waals surface area contributed by atoms with Gasteiger partial charge in [-0.25, -0.2) is 44.4 Å². The molecule has 422 valence electrons. The number of aromatic nitrogens is 4. The first kappa shape index (κ1) is 60.5. The highest BCUT2D eigenvalue weighted by molar-refractivity contribution is 9.10. The zero-order valence-electron chi connectivity index (χ0n) is 45.6. The minimum Gasteiger partial charge on any atom is -0.399 e. The summed E-state index contributed by atoms with van der Waals surface area (Å²) in [5, 5.41) is 0.769. The number of H-pyrrole nitrogens is 2. The van der Waals surface area contributed by atoms with Crippen LogP contribution in [0.3, 0.4) is 0 Å². The molecule has 1 aliphatic rings. The molecule has 0 spiro atoms. The standard InChI is InChI=1S/C25H24F2N4O3S.C17H14BrF2N3O3S.C14H22BNO2/c1-4-11-35(33,34)30-21-10-9-20(26)22(23(21)27)24(32)19-14-29-25-18(19)12-16(13-28-25)15-5-7-17(8-6-15)31(2)3;1-2-5-27(25,26)23-13-4-3-12(19)14(15(13)20)16(24)11-8-22-17-10(11)6-9(18)7-21-17;1-13(2)14(3,4)18-15(17-13)11-7-9-12(10-8-11)16(5)6/h5-10,12-14,30H,4,11H2,1-3H3,(H,28,29);3-4,6-8,23H,2,5H2,1H3,(H,21,22);7-10H,1-6H3. The molecule has 4 N–H and O–H groups in total. The van der Waals surface area contributed by atoms with Crippen molar-refractivity contribution in [2.75, 3.05) is 58.9 Å². The molecule has 1 fully saturated rings. The molecule has 1 aliphatic heterocycles. The molecule has 1 saturated heterocycles. The van der Waals surface area contributed by atoms with E-state index >= 15 is 4.39 Å². The molecule has 0 bridgehead atoms. The summed E-state index contributed by atoms with van der Waals surface area (Å²) in [7, 11) is 0.0153. The van der Waals surface area contributed by atoms with Crippen LogP contribution in [-0.4, -0.2) is 106 Å². The number of ketones is 2. The van der Waals surface area contributed by atoms with Gasteiger partial charge in [-0.2, -0.15) is 0 Å². The van der Waals surface area contributed by atoms with Gasteiger partial charge in [-0.05, 0) is 128 Å². The van der Waals surface area contributed by atoms with Gasteiger partial charge >= 0.3 is 7.12 Å². The fraction of sp³-hybridized carbons (Fsp3) is 0.286. The minimum atomic E-state index is -3.84. The molecule has 4 aromatic carbocycles. The second-order valence-corrected chi connectivity index (χ2v) is 24.8. The van der Waals surface area contributed by atoms with Gasteiger partial charge in [0.2, 0.25) is 31.6 Å². The van der Waals surface area contributed by atoms with Gasteiger partial charge in [0, 0.05) is 96.3 Å². The van der Waals surface area contributed by atoms with E-state index in [0.717, 1.165) is 46.5 Å². The molecule has 24 heteroatoms. The van der Waals surface area contributed by atoms with Crippen LogP contribution in [0.5, 0.6) is 0 Å². The SMILES string of the molecule is CCCS(=O)(=O)Nc1ccc(F)c(C(=O)c2c[nH]c3ncc(-c4ccc(N(C)C)cc4)cc23)c1F.CCCS(=O)(=O)Nc1ccc(F)c(C(=O)c2c[nH]c3ncc(Br)cc23)c1F.CN(C)c1ccc(B2OC(C)(C)C(C)(C)O2)cc1. The van der Waals surface area contributed by atoms with Gasteiger partial charge in [0.15, 0.2) is 11.6 Å². The Kier molecular flexibility index (Phi) is 18.4. The van der Waals surface area contributed by atoms with Gasteiger partial charge < -0.3 is 29.1 Å². The highest BCUT2D eigenvalue weighted by atomic mass is 79.9. The molecule has 0 aliphatic carbocycles. The van der Waals surface area contributed by atoms with E-state index in [1.165, 1.54) is 24.3 Å². The Labute approximate surface area is 471 Å². The first-order valence-corrected chi connectivity index (χ1v) is 29.2. The average molecular weight is 1200 g/mol. The van der Waals surface area contributed by atoms with Crippen molar-refractivity contribution in [1.29, 1.82) is 0 Å². The number of nitrogens with zero attached hydrogens (tertiary/aromatic N) is 4. The molecule has 16 nitrogen and oxygen atoms in total. The molecule has 0 saturated carbocycles. The van der Waals surface area contributed by atoms with Crippen LogP contribution in [0.25, 0.3) is 33.2 Å². The number of sulfonamides is 2. The Morgan fingerprint density at radius 1 is 0.613 bits per heavy atom.